The van der Waals surface area contributed by atoms with Crippen LogP contribution in [0.1, 0.15) is 45.4 Å². The van der Waals surface area contributed by atoms with Crippen LogP contribution in [0.15, 0.2) is 0 Å². The first-order chi connectivity index (χ1) is 9.70. The molecule has 0 radical (unpaired) electrons. The molecule has 0 aromatic rings. The van der Waals surface area contributed by atoms with E-state index in [0.717, 1.165) is 39.1 Å². The van der Waals surface area contributed by atoms with Gasteiger partial charge < -0.3 is 9.64 Å². The number of hydrogen-bond donors (Lipinski definition) is 1. The van der Waals surface area contributed by atoms with Gasteiger partial charge in [-0.25, -0.2) is 0 Å². The highest BCUT2D eigenvalue weighted by Crippen LogP contribution is 2.40. The second-order valence-electron chi connectivity index (χ2n) is 6.47. The van der Waals surface area contributed by atoms with Gasteiger partial charge in [-0.2, -0.15) is 5.26 Å². The second kappa shape index (κ2) is 7.40. The van der Waals surface area contributed by atoms with Gasteiger partial charge in [-0.15, -0.1) is 0 Å². The number of nitriles is 1. The molecule has 20 heavy (non-hydrogen) atoms. The molecule has 4 nitrogen and oxygen atoms in total. The predicted molar refractivity (Wildman–Crippen MR) is 80.4 cm³/mol. The summed E-state index contributed by atoms with van der Waals surface area (Å²) < 4.78 is 5.81. The van der Waals surface area contributed by atoms with Crippen molar-refractivity contribution in [3.63, 3.8) is 0 Å². The zero-order valence-electron chi connectivity index (χ0n) is 13.0. The van der Waals surface area contributed by atoms with Crippen LogP contribution in [-0.4, -0.2) is 49.8 Å². The number of rotatable bonds is 8. The van der Waals surface area contributed by atoms with E-state index in [4.69, 9.17) is 4.74 Å². The van der Waals surface area contributed by atoms with Crippen LogP contribution in [0.4, 0.5) is 0 Å². The second-order valence-corrected chi connectivity index (χ2v) is 6.47. The van der Waals surface area contributed by atoms with E-state index in [1.807, 2.05) is 0 Å². The topological polar surface area (TPSA) is 48.3 Å². The van der Waals surface area contributed by atoms with Crippen molar-refractivity contribution < 1.29 is 4.74 Å². The highest BCUT2D eigenvalue weighted by atomic mass is 16.5. The minimum atomic E-state index is -0.348. The zero-order valence-corrected chi connectivity index (χ0v) is 13.0. The number of likely N-dealkylation sites (N-methyl/N-ethyl adjacent to an activating group) is 1. The monoisotopic (exact) mass is 279 g/mol. The average molecular weight is 279 g/mol. The summed E-state index contributed by atoms with van der Waals surface area (Å²) in [6.45, 7) is 5.75. The SMILES string of the molecule is CCCNC(C#N)(CN(C)CC1CCCCO1)C1CC1. The lowest BCUT2D eigenvalue weighted by Gasteiger charge is -2.35. The van der Waals surface area contributed by atoms with Crippen molar-refractivity contribution in [3.05, 3.63) is 0 Å². The van der Waals surface area contributed by atoms with Crippen molar-refractivity contribution in [2.24, 2.45) is 5.92 Å². The Morgan fingerprint density at radius 3 is 2.70 bits per heavy atom. The standard InChI is InChI=1S/C16H29N3O/c1-3-9-18-16(12-17,14-7-8-14)13-19(2)11-15-6-4-5-10-20-15/h14-15,18H,3-11,13H2,1-2H3. The van der Waals surface area contributed by atoms with Gasteiger partial charge in [0.25, 0.3) is 0 Å². The summed E-state index contributed by atoms with van der Waals surface area (Å²) in [6, 6.07) is 2.59. The smallest absolute Gasteiger partial charge is 0.122 e. The fourth-order valence-electron chi connectivity index (χ4n) is 3.21. The van der Waals surface area contributed by atoms with Gasteiger partial charge in [0.15, 0.2) is 0 Å². The molecule has 2 rings (SSSR count). The van der Waals surface area contributed by atoms with Crippen molar-refractivity contribution in [1.82, 2.24) is 10.2 Å². The zero-order chi connectivity index (χ0) is 14.4. The molecule has 1 saturated carbocycles. The molecule has 4 heteroatoms. The van der Waals surface area contributed by atoms with Crippen LogP contribution in [0.3, 0.4) is 0 Å². The Morgan fingerprint density at radius 1 is 1.35 bits per heavy atom. The van der Waals surface area contributed by atoms with Gasteiger partial charge in [-0.3, -0.25) is 5.32 Å². The maximum absolute atomic E-state index is 9.70. The first-order valence-electron chi connectivity index (χ1n) is 8.16. The molecule has 114 valence electrons. The number of nitrogens with zero attached hydrogens (tertiary/aromatic N) is 2. The van der Waals surface area contributed by atoms with Gasteiger partial charge in [0.1, 0.15) is 5.54 Å². The van der Waals surface area contributed by atoms with Crippen molar-refractivity contribution in [2.75, 3.05) is 33.3 Å². The van der Waals surface area contributed by atoms with Crippen LogP contribution in [0.25, 0.3) is 0 Å². The van der Waals surface area contributed by atoms with E-state index in [9.17, 15) is 5.26 Å². The third kappa shape index (κ3) is 4.18. The molecule has 1 N–H and O–H groups in total. The molecular formula is C16H29N3O. The molecule has 0 aromatic heterocycles. The number of nitrogens with one attached hydrogen (secondary N) is 1. The third-order valence-electron chi connectivity index (χ3n) is 4.47. The van der Waals surface area contributed by atoms with Crippen molar-refractivity contribution in [1.29, 1.82) is 5.26 Å². The Hall–Kier alpha value is -0.630. The highest BCUT2D eigenvalue weighted by Gasteiger charge is 2.46. The van der Waals surface area contributed by atoms with E-state index in [-0.39, 0.29) is 5.54 Å². The third-order valence-corrected chi connectivity index (χ3v) is 4.47. The molecule has 1 aliphatic carbocycles. The highest BCUT2D eigenvalue weighted by molar-refractivity contribution is 5.16. The quantitative estimate of drug-likeness (QED) is 0.739. The van der Waals surface area contributed by atoms with Crippen LogP contribution >= 0.6 is 0 Å². The molecule has 1 saturated heterocycles. The van der Waals surface area contributed by atoms with Gasteiger partial charge in [0.05, 0.1) is 12.2 Å². The summed E-state index contributed by atoms with van der Waals surface area (Å²) in [5, 5.41) is 13.2. The Labute approximate surface area is 123 Å². The van der Waals surface area contributed by atoms with E-state index in [2.05, 4.69) is 30.3 Å². The summed E-state index contributed by atoms with van der Waals surface area (Å²) in [5.74, 6) is 0.536. The number of hydrogen-bond acceptors (Lipinski definition) is 4. The first-order valence-corrected chi connectivity index (χ1v) is 8.16. The number of ether oxygens (including phenoxy) is 1. The lowest BCUT2D eigenvalue weighted by molar-refractivity contribution is -0.00450. The fourth-order valence-corrected chi connectivity index (χ4v) is 3.21. The Balaban J connectivity index is 1.87. The molecule has 2 aliphatic rings. The van der Waals surface area contributed by atoms with Crippen LogP contribution in [0.2, 0.25) is 0 Å². The molecule has 0 spiro atoms. The molecule has 0 bridgehead atoms. The lowest BCUT2D eigenvalue weighted by atomic mass is 9.93. The van der Waals surface area contributed by atoms with Crippen molar-refractivity contribution in [3.8, 4) is 6.07 Å². The lowest BCUT2D eigenvalue weighted by Crippen LogP contribution is -2.55. The van der Waals surface area contributed by atoms with Gasteiger partial charge in [0, 0.05) is 19.7 Å². The molecule has 2 fully saturated rings. The Kier molecular flexibility index (Phi) is 5.83. The summed E-state index contributed by atoms with van der Waals surface area (Å²) in [5.41, 5.74) is -0.348. The van der Waals surface area contributed by atoms with Gasteiger partial charge in [-0.05, 0) is 58.0 Å². The molecule has 2 atom stereocenters. The molecule has 2 unspecified atom stereocenters. The largest absolute Gasteiger partial charge is 0.377 e. The maximum Gasteiger partial charge on any atom is 0.122 e. The summed E-state index contributed by atoms with van der Waals surface area (Å²) in [7, 11) is 2.13. The summed E-state index contributed by atoms with van der Waals surface area (Å²) >= 11 is 0. The minimum Gasteiger partial charge on any atom is -0.377 e. The van der Waals surface area contributed by atoms with Crippen molar-refractivity contribution in [2.45, 2.75) is 57.1 Å². The Bertz CT molecular complexity index is 331. The van der Waals surface area contributed by atoms with E-state index in [1.165, 1.54) is 25.7 Å². The molecule has 1 aliphatic heterocycles. The average Bonchev–Trinajstić information content (AvgIpc) is 3.29. The van der Waals surface area contributed by atoms with E-state index >= 15 is 0 Å². The van der Waals surface area contributed by atoms with Crippen LogP contribution < -0.4 is 5.32 Å². The molecular weight excluding hydrogens is 250 g/mol. The fraction of sp³-hybridized carbons (Fsp3) is 0.938. The van der Waals surface area contributed by atoms with E-state index in [1.54, 1.807) is 0 Å². The van der Waals surface area contributed by atoms with Gasteiger partial charge >= 0.3 is 0 Å². The molecule has 0 aromatic carbocycles. The van der Waals surface area contributed by atoms with Crippen LogP contribution in [0.5, 0.6) is 0 Å². The van der Waals surface area contributed by atoms with Gasteiger partial charge in [0.2, 0.25) is 0 Å². The first kappa shape index (κ1) is 15.8. The minimum absolute atomic E-state index is 0.348. The van der Waals surface area contributed by atoms with Crippen LogP contribution in [-0.2, 0) is 4.74 Å². The Morgan fingerprint density at radius 2 is 2.15 bits per heavy atom. The van der Waals surface area contributed by atoms with E-state index < -0.39 is 0 Å². The molecule has 0 amide bonds. The van der Waals surface area contributed by atoms with Crippen LogP contribution in [0, 0.1) is 17.2 Å². The van der Waals surface area contributed by atoms with E-state index in [0.29, 0.717) is 12.0 Å². The predicted octanol–water partition coefficient (Wildman–Crippen LogP) is 2.16. The maximum atomic E-state index is 9.70. The normalized spacial score (nSPS) is 26.2. The summed E-state index contributed by atoms with van der Waals surface area (Å²) in [4.78, 5) is 2.29. The van der Waals surface area contributed by atoms with Gasteiger partial charge in [-0.1, -0.05) is 6.92 Å². The van der Waals surface area contributed by atoms with Crippen molar-refractivity contribution >= 4 is 0 Å². The summed E-state index contributed by atoms with van der Waals surface area (Å²) in [6.07, 6.45) is 7.45. The molecule has 1 heterocycles.